The summed E-state index contributed by atoms with van der Waals surface area (Å²) >= 11 is 0. The lowest BCUT2D eigenvalue weighted by molar-refractivity contribution is -0.131. The molecule has 11 heteroatoms. The summed E-state index contributed by atoms with van der Waals surface area (Å²) in [5, 5.41) is 18.2. The molecule has 2 atom stereocenters. The molecule has 53 heavy (non-hydrogen) atoms. The van der Waals surface area contributed by atoms with Gasteiger partial charge in [-0.05, 0) is 67.1 Å². The van der Waals surface area contributed by atoms with Crippen LogP contribution in [0.3, 0.4) is 0 Å². The van der Waals surface area contributed by atoms with Gasteiger partial charge in [0.2, 0.25) is 11.8 Å². The summed E-state index contributed by atoms with van der Waals surface area (Å²) in [6.07, 6.45) is 4.17. The van der Waals surface area contributed by atoms with Crippen LogP contribution in [0.4, 0.5) is 5.69 Å². The van der Waals surface area contributed by atoms with Crippen LogP contribution in [0, 0.1) is 6.92 Å². The van der Waals surface area contributed by atoms with Crippen LogP contribution < -0.4 is 5.32 Å². The Kier molecular flexibility index (Phi) is 13.2. The summed E-state index contributed by atoms with van der Waals surface area (Å²) < 4.78 is 1.61. The molecule has 4 amide bonds. The first kappa shape index (κ1) is 38.9. The fourth-order valence-electron chi connectivity index (χ4n) is 6.74. The minimum absolute atomic E-state index is 0.0328. The Morgan fingerprint density at radius 2 is 1.57 bits per heavy atom. The van der Waals surface area contributed by atoms with E-state index in [2.05, 4.69) is 19.2 Å². The van der Waals surface area contributed by atoms with Gasteiger partial charge in [0.1, 0.15) is 0 Å². The molecule has 2 heterocycles. The van der Waals surface area contributed by atoms with Crippen LogP contribution in [-0.4, -0.2) is 93.0 Å². The number of aliphatic hydroxyl groups is 1. The number of aryl methyl sites for hydroxylation is 1. The van der Waals surface area contributed by atoms with Crippen molar-refractivity contribution in [3.05, 3.63) is 113 Å². The number of carbonyl (C=O) groups is 4. The van der Waals surface area contributed by atoms with Gasteiger partial charge in [0.25, 0.3) is 11.8 Å². The molecule has 0 radical (unpaired) electrons. The van der Waals surface area contributed by atoms with Crippen molar-refractivity contribution in [1.82, 2.24) is 24.5 Å². The SMILES string of the molecule is CCCCN(CCCC)C(=O)c1cc(C)n(-c2ccc(NC(=O)C(CC(=O)N(C)C)c3ccccc3)cc2C(=O)N2Cc3ccccc3C[C@H]2CO)n1. The first-order valence-corrected chi connectivity index (χ1v) is 18.6. The maximum absolute atomic E-state index is 14.7. The Labute approximate surface area is 312 Å². The number of unbranched alkanes of at least 4 members (excludes halogenated alkanes) is 2. The monoisotopic (exact) mass is 720 g/mol. The Morgan fingerprint density at radius 1 is 0.906 bits per heavy atom. The summed E-state index contributed by atoms with van der Waals surface area (Å²) in [4.78, 5) is 60.2. The zero-order valence-corrected chi connectivity index (χ0v) is 31.5. The highest BCUT2D eigenvalue weighted by atomic mass is 16.3. The Morgan fingerprint density at radius 3 is 2.21 bits per heavy atom. The molecule has 0 aliphatic carbocycles. The van der Waals surface area contributed by atoms with E-state index in [4.69, 9.17) is 5.10 Å². The van der Waals surface area contributed by atoms with Crippen molar-refractivity contribution in [2.75, 3.05) is 39.1 Å². The molecule has 5 rings (SSSR count). The van der Waals surface area contributed by atoms with Gasteiger partial charge in [-0.2, -0.15) is 5.10 Å². The maximum Gasteiger partial charge on any atom is 0.274 e. The van der Waals surface area contributed by atoms with Crippen LogP contribution in [0.2, 0.25) is 0 Å². The van der Waals surface area contributed by atoms with Crippen molar-refractivity contribution in [3.8, 4) is 5.69 Å². The van der Waals surface area contributed by atoms with Gasteiger partial charge in [0.05, 0.1) is 29.8 Å². The number of anilines is 1. The third-order valence-electron chi connectivity index (χ3n) is 9.90. The molecule has 1 aromatic heterocycles. The highest BCUT2D eigenvalue weighted by molar-refractivity contribution is 6.02. The molecular formula is C42H52N6O5. The zero-order valence-electron chi connectivity index (χ0n) is 31.5. The molecule has 1 aliphatic heterocycles. The standard InChI is InChI=1S/C42H52N6O5/c1-6-8-21-46(22-9-7-2)42(53)37-23-29(3)48(44-37)38-20-19-33(43-40(51)35(26-39(50)45(4)5)30-15-11-10-12-16-30)25-36(38)41(52)47-27-32-18-14-13-17-31(32)24-34(47)28-49/h10-20,23,25,34-35,49H,6-9,21-22,24,26-28H2,1-5H3,(H,43,51)/t34-,35?/m0/s1. The van der Waals surface area contributed by atoms with Crippen molar-refractivity contribution in [2.24, 2.45) is 0 Å². The molecule has 3 aromatic carbocycles. The number of benzene rings is 3. The van der Waals surface area contributed by atoms with Crippen molar-refractivity contribution in [2.45, 2.75) is 77.8 Å². The fraction of sp³-hybridized carbons (Fsp3) is 0.405. The van der Waals surface area contributed by atoms with Gasteiger partial charge in [-0.1, -0.05) is 81.3 Å². The maximum atomic E-state index is 14.7. The zero-order chi connectivity index (χ0) is 38.1. The molecule has 4 aromatic rings. The number of nitrogens with one attached hydrogen (secondary N) is 1. The number of carbonyl (C=O) groups excluding carboxylic acids is 4. The first-order valence-electron chi connectivity index (χ1n) is 18.6. The van der Waals surface area contributed by atoms with Crippen molar-refractivity contribution < 1.29 is 24.3 Å². The van der Waals surface area contributed by atoms with E-state index in [-0.39, 0.29) is 42.2 Å². The normalized spacial score (nSPS) is 14.3. The molecular weight excluding hydrogens is 668 g/mol. The quantitative estimate of drug-likeness (QED) is 0.156. The number of nitrogens with zero attached hydrogens (tertiary/aromatic N) is 5. The lowest BCUT2D eigenvalue weighted by atomic mass is 9.93. The summed E-state index contributed by atoms with van der Waals surface area (Å²) in [5.74, 6) is -1.85. The topological polar surface area (TPSA) is 128 Å². The minimum atomic E-state index is -0.771. The molecule has 2 N–H and O–H groups in total. The number of fused-ring (bicyclic) bond motifs is 1. The number of rotatable bonds is 15. The summed E-state index contributed by atoms with van der Waals surface area (Å²) in [6.45, 7) is 7.39. The van der Waals surface area contributed by atoms with E-state index in [9.17, 15) is 24.3 Å². The van der Waals surface area contributed by atoms with Crippen molar-refractivity contribution in [3.63, 3.8) is 0 Å². The van der Waals surface area contributed by atoms with Crippen LogP contribution in [0.5, 0.6) is 0 Å². The first-order chi connectivity index (χ1) is 25.6. The van der Waals surface area contributed by atoms with Crippen LogP contribution in [0.15, 0.2) is 78.9 Å². The second kappa shape index (κ2) is 18.0. The van der Waals surface area contributed by atoms with E-state index < -0.39 is 12.0 Å². The average Bonchev–Trinajstić information content (AvgIpc) is 3.56. The van der Waals surface area contributed by atoms with Crippen LogP contribution in [0.25, 0.3) is 5.69 Å². The molecule has 1 aliphatic rings. The second-order valence-electron chi connectivity index (χ2n) is 14.0. The van der Waals surface area contributed by atoms with Gasteiger partial charge in [-0.3, -0.25) is 19.2 Å². The van der Waals surface area contributed by atoms with E-state index in [0.717, 1.165) is 36.8 Å². The van der Waals surface area contributed by atoms with Gasteiger partial charge in [0, 0.05) is 51.5 Å². The van der Waals surface area contributed by atoms with Crippen LogP contribution in [-0.2, 0) is 22.6 Å². The summed E-state index contributed by atoms with van der Waals surface area (Å²) in [7, 11) is 3.31. The Bertz CT molecular complexity index is 1900. The van der Waals surface area contributed by atoms with E-state index in [1.54, 1.807) is 47.9 Å². The molecule has 1 unspecified atom stereocenters. The number of aromatic nitrogens is 2. The predicted octanol–water partition coefficient (Wildman–Crippen LogP) is 5.98. The number of hydrogen-bond acceptors (Lipinski definition) is 6. The number of hydrogen-bond donors (Lipinski definition) is 2. The fourth-order valence-corrected chi connectivity index (χ4v) is 6.74. The molecule has 0 saturated heterocycles. The molecule has 11 nitrogen and oxygen atoms in total. The molecule has 0 bridgehead atoms. The Balaban J connectivity index is 1.55. The highest BCUT2D eigenvalue weighted by Crippen LogP contribution is 2.30. The largest absolute Gasteiger partial charge is 0.394 e. The lowest BCUT2D eigenvalue weighted by Gasteiger charge is -2.36. The molecule has 280 valence electrons. The van der Waals surface area contributed by atoms with E-state index in [1.165, 1.54) is 4.90 Å². The predicted molar refractivity (Wildman–Crippen MR) is 206 cm³/mol. The van der Waals surface area contributed by atoms with Gasteiger partial charge in [0.15, 0.2) is 5.69 Å². The van der Waals surface area contributed by atoms with Crippen molar-refractivity contribution >= 4 is 29.3 Å². The second-order valence-corrected chi connectivity index (χ2v) is 14.0. The number of aliphatic hydroxyl groups excluding tert-OH is 1. The molecule has 0 spiro atoms. The lowest BCUT2D eigenvalue weighted by Crippen LogP contribution is -2.46. The average molecular weight is 721 g/mol. The minimum Gasteiger partial charge on any atom is -0.394 e. The van der Waals surface area contributed by atoms with E-state index >= 15 is 0 Å². The van der Waals surface area contributed by atoms with Gasteiger partial charge in [-0.15, -0.1) is 0 Å². The highest BCUT2D eigenvalue weighted by Gasteiger charge is 2.33. The molecule has 0 fully saturated rings. The van der Waals surface area contributed by atoms with Gasteiger partial charge in [-0.25, -0.2) is 4.68 Å². The number of amides is 4. The Hall–Kier alpha value is -5.29. The van der Waals surface area contributed by atoms with Gasteiger partial charge >= 0.3 is 0 Å². The van der Waals surface area contributed by atoms with E-state index in [1.807, 2.05) is 66.4 Å². The third kappa shape index (κ3) is 9.21. The summed E-state index contributed by atoms with van der Waals surface area (Å²) in [5.41, 5.74) is 4.79. The summed E-state index contributed by atoms with van der Waals surface area (Å²) in [6, 6.07) is 23.4. The smallest absolute Gasteiger partial charge is 0.274 e. The van der Waals surface area contributed by atoms with Gasteiger partial charge < -0.3 is 25.1 Å². The van der Waals surface area contributed by atoms with Crippen LogP contribution in [0.1, 0.15) is 95.1 Å². The third-order valence-corrected chi connectivity index (χ3v) is 9.90. The van der Waals surface area contributed by atoms with E-state index in [0.29, 0.717) is 54.4 Å². The molecule has 0 saturated carbocycles. The van der Waals surface area contributed by atoms with Crippen molar-refractivity contribution in [1.29, 1.82) is 0 Å². The van der Waals surface area contributed by atoms with Crippen LogP contribution >= 0.6 is 0 Å².